The van der Waals surface area contributed by atoms with Gasteiger partial charge in [0, 0.05) is 6.42 Å². The Morgan fingerprint density at radius 2 is 1.31 bits per heavy atom. The Morgan fingerprint density at radius 3 is 1.73 bits per heavy atom. The van der Waals surface area contributed by atoms with Crippen LogP contribution in [0, 0.1) is 0 Å². The number of carbonyl (C=O) groups is 2. The summed E-state index contributed by atoms with van der Waals surface area (Å²) in [7, 11) is 5.89. The van der Waals surface area contributed by atoms with Crippen molar-refractivity contribution in [3.05, 3.63) is 0 Å². The second kappa shape index (κ2) is 15.0. The lowest BCUT2D eigenvalue weighted by atomic mass is 10.1. The average molecular weight is 373 g/mol. The first-order chi connectivity index (χ1) is 12.2. The quantitative estimate of drug-likeness (QED) is 0.227. The van der Waals surface area contributed by atoms with Crippen molar-refractivity contribution in [2.75, 3.05) is 27.7 Å². The van der Waals surface area contributed by atoms with Crippen LogP contribution in [-0.2, 0) is 14.3 Å². The second-order valence-electron chi connectivity index (χ2n) is 8.47. The lowest BCUT2D eigenvalue weighted by molar-refractivity contribution is -0.873. The molecular weight excluding hydrogens is 330 g/mol. The fraction of sp³-hybridized carbons (Fsp3) is 0.905. The maximum atomic E-state index is 12.0. The Hall–Kier alpha value is -1.10. The lowest BCUT2D eigenvalue weighted by Crippen LogP contribution is -2.43. The summed E-state index contributed by atoms with van der Waals surface area (Å²) in [4.78, 5) is 22.9. The highest BCUT2D eigenvalue weighted by Crippen LogP contribution is 2.13. The average Bonchev–Trinajstić information content (AvgIpc) is 2.50. The van der Waals surface area contributed by atoms with Crippen LogP contribution in [-0.4, -0.2) is 55.3 Å². The van der Waals surface area contributed by atoms with Crippen molar-refractivity contribution in [1.82, 2.24) is 0 Å². The highest BCUT2D eigenvalue weighted by Gasteiger charge is 2.24. The number of unbranched alkanes of at least 4 members (excludes halogenated alkanes) is 10. The third-order valence-electron chi connectivity index (χ3n) is 4.44. The van der Waals surface area contributed by atoms with Gasteiger partial charge in [0.05, 0.1) is 27.6 Å². The molecule has 0 rings (SSSR count). The van der Waals surface area contributed by atoms with E-state index in [0.717, 1.165) is 12.8 Å². The zero-order chi connectivity index (χ0) is 19.8. The van der Waals surface area contributed by atoms with Gasteiger partial charge in [0.1, 0.15) is 6.54 Å². The number of aliphatic carboxylic acids is 1. The SMILES string of the molecule is CCCCCCCCCCCCCC(=O)O[C@@H](CC(=O)O)C[N+](C)(C)C. The molecule has 0 spiro atoms. The second-order valence-corrected chi connectivity index (χ2v) is 8.47. The molecule has 0 saturated heterocycles. The first-order valence-electron chi connectivity index (χ1n) is 10.5. The summed E-state index contributed by atoms with van der Waals surface area (Å²) in [5.41, 5.74) is 0. The van der Waals surface area contributed by atoms with Crippen molar-refractivity contribution in [2.24, 2.45) is 0 Å². The van der Waals surface area contributed by atoms with Crippen LogP contribution in [0.4, 0.5) is 0 Å². The molecule has 0 aromatic carbocycles. The van der Waals surface area contributed by atoms with E-state index in [9.17, 15) is 9.59 Å². The fourth-order valence-corrected chi connectivity index (χ4v) is 3.13. The molecular formula is C21H42NO4+. The summed E-state index contributed by atoms with van der Waals surface area (Å²) in [6, 6.07) is 0. The number of quaternary nitrogens is 1. The number of ether oxygens (including phenoxy) is 1. The minimum Gasteiger partial charge on any atom is -0.481 e. The third kappa shape index (κ3) is 17.7. The van der Waals surface area contributed by atoms with Gasteiger partial charge < -0.3 is 14.3 Å². The van der Waals surface area contributed by atoms with Gasteiger partial charge in [-0.1, -0.05) is 71.1 Å². The molecule has 0 aromatic rings. The summed E-state index contributed by atoms with van der Waals surface area (Å²) in [5, 5.41) is 8.97. The summed E-state index contributed by atoms with van der Waals surface area (Å²) in [6.07, 6.45) is 13.4. The number of rotatable bonds is 17. The van der Waals surface area contributed by atoms with E-state index in [1.54, 1.807) is 0 Å². The van der Waals surface area contributed by atoms with E-state index in [0.29, 0.717) is 17.4 Å². The fourth-order valence-electron chi connectivity index (χ4n) is 3.13. The van der Waals surface area contributed by atoms with Crippen molar-refractivity contribution in [3.63, 3.8) is 0 Å². The van der Waals surface area contributed by atoms with Crippen LogP contribution in [0.15, 0.2) is 0 Å². The van der Waals surface area contributed by atoms with Gasteiger partial charge in [-0.25, -0.2) is 0 Å². The van der Waals surface area contributed by atoms with Gasteiger partial charge in [-0.05, 0) is 6.42 Å². The molecule has 0 aromatic heterocycles. The minimum absolute atomic E-state index is 0.125. The van der Waals surface area contributed by atoms with Crippen LogP contribution in [0.2, 0.25) is 0 Å². The largest absolute Gasteiger partial charge is 0.481 e. The van der Waals surface area contributed by atoms with Gasteiger partial charge >= 0.3 is 11.9 Å². The Bertz CT molecular complexity index is 377. The predicted molar refractivity (Wildman–Crippen MR) is 106 cm³/mol. The van der Waals surface area contributed by atoms with E-state index >= 15 is 0 Å². The summed E-state index contributed by atoms with van der Waals surface area (Å²) in [5.74, 6) is -1.19. The minimum atomic E-state index is -0.925. The normalized spacial score (nSPS) is 12.8. The third-order valence-corrected chi connectivity index (χ3v) is 4.44. The molecule has 0 aliphatic carbocycles. The molecule has 0 saturated carbocycles. The summed E-state index contributed by atoms with van der Waals surface area (Å²) >= 11 is 0. The molecule has 0 aliphatic heterocycles. The molecule has 0 bridgehead atoms. The molecule has 0 unspecified atom stereocenters. The molecule has 0 fully saturated rings. The number of likely N-dealkylation sites (N-methyl/N-ethyl adjacent to an activating group) is 1. The summed E-state index contributed by atoms with van der Waals surface area (Å²) < 4.78 is 5.97. The Kier molecular flexibility index (Phi) is 14.4. The van der Waals surface area contributed by atoms with Crippen molar-refractivity contribution < 1.29 is 23.9 Å². The zero-order valence-electron chi connectivity index (χ0n) is 17.6. The Balaban J connectivity index is 3.72. The van der Waals surface area contributed by atoms with Crippen molar-refractivity contribution in [2.45, 2.75) is 96.5 Å². The Morgan fingerprint density at radius 1 is 0.846 bits per heavy atom. The molecule has 154 valence electrons. The standard InChI is InChI=1S/C21H41NO4/c1-5-6-7-8-9-10-11-12-13-14-15-16-21(25)26-19(17-20(23)24)18-22(2,3)4/h19H,5-18H2,1-4H3/p+1/t19-/m0/s1. The van der Waals surface area contributed by atoms with Gasteiger partial charge in [-0.2, -0.15) is 0 Å². The summed E-state index contributed by atoms with van der Waals surface area (Å²) in [6.45, 7) is 2.75. The molecule has 5 heteroatoms. The molecule has 0 amide bonds. The van der Waals surface area contributed by atoms with E-state index in [-0.39, 0.29) is 12.4 Å². The van der Waals surface area contributed by atoms with Gasteiger partial charge in [0.15, 0.2) is 6.10 Å². The van der Waals surface area contributed by atoms with Gasteiger partial charge in [-0.3, -0.25) is 9.59 Å². The molecule has 1 atom stereocenters. The zero-order valence-corrected chi connectivity index (χ0v) is 17.6. The molecule has 0 aliphatic rings. The predicted octanol–water partition coefficient (Wildman–Crippen LogP) is 4.78. The number of carboxylic acids is 1. The van der Waals surface area contributed by atoms with Crippen molar-refractivity contribution >= 4 is 11.9 Å². The molecule has 1 N–H and O–H groups in total. The number of carbonyl (C=O) groups excluding carboxylic acids is 1. The monoisotopic (exact) mass is 372 g/mol. The maximum Gasteiger partial charge on any atom is 0.307 e. The van der Waals surface area contributed by atoms with E-state index in [4.69, 9.17) is 9.84 Å². The lowest BCUT2D eigenvalue weighted by Gasteiger charge is -2.28. The number of esters is 1. The van der Waals surface area contributed by atoms with Crippen LogP contribution < -0.4 is 0 Å². The molecule has 26 heavy (non-hydrogen) atoms. The van der Waals surface area contributed by atoms with E-state index in [1.807, 2.05) is 21.1 Å². The highest BCUT2D eigenvalue weighted by molar-refractivity contribution is 5.71. The van der Waals surface area contributed by atoms with E-state index in [2.05, 4.69) is 6.92 Å². The maximum absolute atomic E-state index is 12.0. The van der Waals surface area contributed by atoms with Gasteiger partial charge in [0.25, 0.3) is 0 Å². The number of hydrogen-bond donors (Lipinski definition) is 1. The smallest absolute Gasteiger partial charge is 0.307 e. The Labute approximate surface area is 160 Å². The number of carboxylic acid groups (broad SMARTS) is 1. The van der Waals surface area contributed by atoms with Gasteiger partial charge in [0.2, 0.25) is 0 Å². The van der Waals surface area contributed by atoms with Crippen LogP contribution >= 0.6 is 0 Å². The number of nitrogens with zero attached hydrogens (tertiary/aromatic N) is 1. The topological polar surface area (TPSA) is 63.6 Å². The van der Waals surface area contributed by atoms with E-state index < -0.39 is 12.1 Å². The van der Waals surface area contributed by atoms with Crippen LogP contribution in [0.5, 0.6) is 0 Å². The van der Waals surface area contributed by atoms with Crippen molar-refractivity contribution in [3.8, 4) is 0 Å². The number of hydrogen-bond acceptors (Lipinski definition) is 3. The van der Waals surface area contributed by atoms with Gasteiger partial charge in [-0.15, -0.1) is 0 Å². The molecule has 0 heterocycles. The van der Waals surface area contributed by atoms with Crippen LogP contribution in [0.25, 0.3) is 0 Å². The first kappa shape index (κ1) is 24.9. The molecule has 5 nitrogen and oxygen atoms in total. The molecule has 0 radical (unpaired) electrons. The first-order valence-corrected chi connectivity index (χ1v) is 10.5. The van der Waals surface area contributed by atoms with Crippen LogP contribution in [0.1, 0.15) is 90.4 Å². The highest BCUT2D eigenvalue weighted by atomic mass is 16.5. The van der Waals surface area contributed by atoms with Crippen LogP contribution in [0.3, 0.4) is 0 Å². The van der Waals surface area contributed by atoms with E-state index in [1.165, 1.54) is 57.8 Å². The van der Waals surface area contributed by atoms with Crippen molar-refractivity contribution in [1.29, 1.82) is 0 Å².